The smallest absolute Gasteiger partial charge is 0.407 e. The Labute approximate surface area is 127 Å². The minimum Gasteiger partial charge on any atom is -0.407 e. The molecular weight excluding hydrogens is 266 g/mol. The highest BCUT2D eigenvalue weighted by molar-refractivity contribution is 6.68. The number of halogens is 1. The average Bonchev–Trinajstić information content (AvgIpc) is 2.41. The van der Waals surface area contributed by atoms with Crippen molar-refractivity contribution in [3.05, 3.63) is 41.7 Å². The largest absolute Gasteiger partial charge is 0.496 e. The van der Waals surface area contributed by atoms with E-state index >= 15 is 0 Å². The Morgan fingerprint density at radius 1 is 1.14 bits per heavy atom. The second kappa shape index (κ2) is 5.94. The third-order valence-corrected chi connectivity index (χ3v) is 3.71. The Kier molecular flexibility index (Phi) is 4.59. The molecule has 1 aromatic carbocycles. The van der Waals surface area contributed by atoms with Gasteiger partial charge in [0.1, 0.15) is 0 Å². The summed E-state index contributed by atoms with van der Waals surface area (Å²) < 4.78 is 24.7. The summed E-state index contributed by atoms with van der Waals surface area (Å²) >= 11 is 0. The van der Waals surface area contributed by atoms with Crippen molar-refractivity contribution in [1.82, 2.24) is 0 Å². The molecule has 2 nitrogen and oxygen atoms in total. The Balaban J connectivity index is 2.16. The summed E-state index contributed by atoms with van der Waals surface area (Å²) in [5, 5.41) is 0. The van der Waals surface area contributed by atoms with Gasteiger partial charge in [-0.05, 0) is 16.5 Å². The topological polar surface area (TPSA) is 18.5 Å². The monoisotopic (exact) mass is 290 g/mol. The van der Waals surface area contributed by atoms with Gasteiger partial charge >= 0.3 is 7.12 Å². The van der Waals surface area contributed by atoms with Crippen LogP contribution in [0.3, 0.4) is 0 Å². The standard InChI is InChI=1S/C17H24BFO2/c1-16(2,3)14-8-6-13(7-9-14)15(10-19)18-20-11-17(4,5)12-21-18/h6-10H,11-12H2,1-5H3/b15-10-. The Morgan fingerprint density at radius 3 is 2.10 bits per heavy atom. The van der Waals surface area contributed by atoms with E-state index in [-0.39, 0.29) is 10.8 Å². The van der Waals surface area contributed by atoms with Gasteiger partial charge in [0.25, 0.3) is 0 Å². The van der Waals surface area contributed by atoms with Crippen molar-refractivity contribution in [2.24, 2.45) is 5.41 Å². The van der Waals surface area contributed by atoms with Gasteiger partial charge in [-0.1, -0.05) is 58.9 Å². The van der Waals surface area contributed by atoms with E-state index in [2.05, 4.69) is 34.6 Å². The van der Waals surface area contributed by atoms with E-state index in [4.69, 9.17) is 9.31 Å². The van der Waals surface area contributed by atoms with Crippen molar-refractivity contribution in [2.45, 2.75) is 40.0 Å². The number of benzene rings is 1. The van der Waals surface area contributed by atoms with Gasteiger partial charge < -0.3 is 9.31 Å². The fourth-order valence-electron chi connectivity index (χ4n) is 2.29. The fourth-order valence-corrected chi connectivity index (χ4v) is 2.29. The molecule has 0 spiro atoms. The highest BCUT2D eigenvalue weighted by atomic mass is 19.1. The first-order valence-corrected chi connectivity index (χ1v) is 7.37. The van der Waals surface area contributed by atoms with Gasteiger partial charge in [0.05, 0.1) is 6.33 Å². The molecule has 0 bridgehead atoms. The normalized spacial score (nSPS) is 19.7. The number of hydrogen-bond donors (Lipinski definition) is 0. The minimum atomic E-state index is -0.622. The van der Waals surface area contributed by atoms with Crippen LogP contribution in [0.25, 0.3) is 5.47 Å². The van der Waals surface area contributed by atoms with Crippen molar-refractivity contribution in [2.75, 3.05) is 13.2 Å². The van der Waals surface area contributed by atoms with E-state index in [0.717, 1.165) is 5.56 Å². The summed E-state index contributed by atoms with van der Waals surface area (Å²) in [5.74, 6) is 0. The highest BCUT2D eigenvalue weighted by Gasteiger charge is 2.35. The quantitative estimate of drug-likeness (QED) is 0.752. The molecule has 0 amide bonds. The first-order chi connectivity index (χ1) is 9.73. The molecule has 0 radical (unpaired) electrons. The van der Waals surface area contributed by atoms with Crippen molar-refractivity contribution in [1.29, 1.82) is 0 Å². The van der Waals surface area contributed by atoms with Crippen molar-refractivity contribution in [3.8, 4) is 0 Å². The third kappa shape index (κ3) is 3.95. The molecule has 0 N–H and O–H groups in total. The summed E-state index contributed by atoms with van der Waals surface area (Å²) in [6.07, 6.45) is 0.592. The van der Waals surface area contributed by atoms with E-state index in [9.17, 15) is 4.39 Å². The molecule has 21 heavy (non-hydrogen) atoms. The molecule has 1 aliphatic rings. The Morgan fingerprint density at radius 2 is 1.67 bits per heavy atom. The fraction of sp³-hybridized carbons (Fsp3) is 0.529. The Hall–Kier alpha value is -1.13. The van der Waals surface area contributed by atoms with Crippen LogP contribution >= 0.6 is 0 Å². The summed E-state index contributed by atoms with van der Waals surface area (Å²) in [6, 6.07) is 7.92. The van der Waals surface area contributed by atoms with Crippen molar-refractivity contribution < 1.29 is 13.7 Å². The summed E-state index contributed by atoms with van der Waals surface area (Å²) in [4.78, 5) is 0. The van der Waals surface area contributed by atoms with E-state index in [1.54, 1.807) is 0 Å². The molecule has 1 aliphatic heterocycles. The Bertz CT molecular complexity index is 505. The predicted molar refractivity (Wildman–Crippen MR) is 85.7 cm³/mol. The molecule has 0 atom stereocenters. The van der Waals surface area contributed by atoms with E-state index in [1.807, 2.05) is 24.3 Å². The van der Waals surface area contributed by atoms with Gasteiger partial charge in [-0.25, -0.2) is 4.39 Å². The lowest BCUT2D eigenvalue weighted by Gasteiger charge is -2.33. The predicted octanol–water partition coefficient (Wildman–Crippen LogP) is 4.39. The van der Waals surface area contributed by atoms with Crippen LogP contribution in [0.5, 0.6) is 0 Å². The summed E-state index contributed by atoms with van der Waals surface area (Å²) in [5.41, 5.74) is 2.53. The summed E-state index contributed by atoms with van der Waals surface area (Å²) in [7, 11) is -0.622. The molecule has 0 aromatic heterocycles. The second-order valence-corrected chi connectivity index (χ2v) is 7.51. The lowest BCUT2D eigenvalue weighted by atomic mass is 9.72. The minimum absolute atomic E-state index is 0.0198. The van der Waals surface area contributed by atoms with Crippen molar-refractivity contribution in [3.63, 3.8) is 0 Å². The van der Waals surface area contributed by atoms with Crippen LogP contribution in [0.2, 0.25) is 0 Å². The highest BCUT2D eigenvalue weighted by Crippen LogP contribution is 2.29. The first kappa shape index (κ1) is 16.2. The van der Waals surface area contributed by atoms with Gasteiger partial charge in [0, 0.05) is 24.1 Å². The molecular formula is C17H24BFO2. The molecule has 0 unspecified atom stereocenters. The number of hydrogen-bond acceptors (Lipinski definition) is 2. The molecule has 1 fully saturated rings. The zero-order chi connectivity index (χ0) is 15.7. The first-order valence-electron chi connectivity index (χ1n) is 7.37. The van der Waals surface area contributed by atoms with E-state index in [0.29, 0.717) is 25.0 Å². The van der Waals surface area contributed by atoms with Crippen LogP contribution < -0.4 is 0 Å². The maximum absolute atomic E-state index is 13.3. The van der Waals surface area contributed by atoms with Crippen LogP contribution in [0.15, 0.2) is 30.6 Å². The van der Waals surface area contributed by atoms with Crippen LogP contribution in [0, 0.1) is 5.41 Å². The van der Waals surface area contributed by atoms with Crippen LogP contribution in [-0.4, -0.2) is 20.3 Å². The molecule has 4 heteroatoms. The zero-order valence-electron chi connectivity index (χ0n) is 13.6. The maximum atomic E-state index is 13.3. The third-order valence-electron chi connectivity index (χ3n) is 3.71. The molecule has 114 valence electrons. The van der Waals surface area contributed by atoms with Crippen molar-refractivity contribution >= 4 is 12.6 Å². The average molecular weight is 290 g/mol. The van der Waals surface area contributed by atoms with E-state index < -0.39 is 7.12 Å². The molecule has 0 saturated carbocycles. The molecule has 2 rings (SSSR count). The number of rotatable bonds is 2. The lowest BCUT2D eigenvalue weighted by Crippen LogP contribution is -2.41. The van der Waals surface area contributed by atoms with Gasteiger partial charge in [0.2, 0.25) is 0 Å². The molecule has 0 aliphatic carbocycles. The zero-order valence-corrected chi connectivity index (χ0v) is 13.6. The summed E-state index contributed by atoms with van der Waals surface area (Å²) in [6.45, 7) is 11.7. The molecule has 1 aromatic rings. The van der Waals surface area contributed by atoms with Gasteiger partial charge in [-0.15, -0.1) is 0 Å². The van der Waals surface area contributed by atoms with Crippen LogP contribution in [0.4, 0.5) is 4.39 Å². The van der Waals surface area contributed by atoms with Crippen LogP contribution in [-0.2, 0) is 14.7 Å². The van der Waals surface area contributed by atoms with Gasteiger partial charge in [-0.2, -0.15) is 0 Å². The van der Waals surface area contributed by atoms with Gasteiger partial charge in [-0.3, -0.25) is 0 Å². The maximum Gasteiger partial charge on any atom is 0.496 e. The van der Waals surface area contributed by atoms with Crippen LogP contribution in [0.1, 0.15) is 45.7 Å². The lowest BCUT2D eigenvalue weighted by molar-refractivity contribution is 0.0347. The molecule has 1 heterocycles. The second-order valence-electron chi connectivity index (χ2n) is 7.51. The molecule has 1 saturated heterocycles. The van der Waals surface area contributed by atoms with E-state index in [1.165, 1.54) is 5.56 Å². The SMILES string of the molecule is CC1(C)COB(/C(=C\F)c2ccc(C(C)(C)C)cc2)OC1. The van der Waals surface area contributed by atoms with Gasteiger partial charge in [0.15, 0.2) is 0 Å².